The quantitative estimate of drug-likeness (QED) is 0.872. The molecule has 0 saturated carbocycles. The van der Waals surface area contributed by atoms with Gasteiger partial charge in [-0.2, -0.15) is 0 Å². The number of hydrogen-bond acceptors (Lipinski definition) is 2. The molecule has 2 rings (SSSR count). The van der Waals surface area contributed by atoms with Crippen LogP contribution in [-0.4, -0.2) is 19.0 Å². The zero-order chi connectivity index (χ0) is 10.8. The molecule has 1 aromatic carbocycles. The lowest BCUT2D eigenvalue weighted by molar-refractivity contribution is -0.121. The van der Waals surface area contributed by atoms with Gasteiger partial charge >= 0.3 is 0 Å². The van der Waals surface area contributed by atoms with Gasteiger partial charge in [0, 0.05) is 22.0 Å². The topological polar surface area (TPSA) is 41.1 Å². The Morgan fingerprint density at radius 2 is 2.13 bits per heavy atom. The smallest absolute Gasteiger partial charge is 0.230 e. The summed E-state index contributed by atoms with van der Waals surface area (Å²) in [5.74, 6) is 0.192. The molecule has 0 spiro atoms. The summed E-state index contributed by atoms with van der Waals surface area (Å²) < 4.78 is 1.87. The summed E-state index contributed by atoms with van der Waals surface area (Å²) in [5.41, 5.74) is 0.815. The maximum atomic E-state index is 11.6. The molecule has 2 N–H and O–H groups in total. The van der Waals surface area contributed by atoms with E-state index in [2.05, 4.69) is 42.5 Å². The number of amides is 1. The molecule has 3 nitrogen and oxygen atoms in total. The Kier molecular flexibility index (Phi) is 3.43. The van der Waals surface area contributed by atoms with Crippen LogP contribution in [0.25, 0.3) is 0 Å². The second kappa shape index (κ2) is 4.63. The van der Waals surface area contributed by atoms with Gasteiger partial charge in [0.15, 0.2) is 0 Å². The summed E-state index contributed by atoms with van der Waals surface area (Å²) in [6.07, 6.45) is 0. The molecule has 0 bridgehead atoms. The molecule has 1 aromatic rings. The van der Waals surface area contributed by atoms with E-state index in [1.165, 1.54) is 0 Å². The number of carbonyl (C=O) groups is 1. The predicted molar refractivity (Wildman–Crippen MR) is 66.8 cm³/mol. The molecule has 1 aliphatic rings. The van der Waals surface area contributed by atoms with Gasteiger partial charge in [-0.15, -0.1) is 0 Å². The van der Waals surface area contributed by atoms with Crippen molar-refractivity contribution in [2.75, 3.05) is 18.4 Å². The van der Waals surface area contributed by atoms with E-state index in [1.54, 1.807) is 0 Å². The average molecular weight is 334 g/mol. The van der Waals surface area contributed by atoms with E-state index in [0.29, 0.717) is 0 Å². The van der Waals surface area contributed by atoms with Crippen LogP contribution < -0.4 is 10.6 Å². The van der Waals surface area contributed by atoms with E-state index >= 15 is 0 Å². The minimum absolute atomic E-state index is 0.0803. The highest BCUT2D eigenvalue weighted by molar-refractivity contribution is 9.11. The zero-order valence-electron chi connectivity index (χ0n) is 7.89. The summed E-state index contributed by atoms with van der Waals surface area (Å²) >= 11 is 6.77. The van der Waals surface area contributed by atoms with Gasteiger partial charge in [-0.3, -0.25) is 4.79 Å². The van der Waals surface area contributed by atoms with Crippen LogP contribution in [0, 0.1) is 5.92 Å². The molecule has 80 valence electrons. The first-order valence-electron chi connectivity index (χ1n) is 4.63. The third-order valence-corrected chi connectivity index (χ3v) is 3.49. The first-order chi connectivity index (χ1) is 7.16. The molecule has 5 heteroatoms. The summed E-state index contributed by atoms with van der Waals surface area (Å²) in [7, 11) is 0. The van der Waals surface area contributed by atoms with Gasteiger partial charge in [0.05, 0.1) is 11.6 Å². The fourth-order valence-electron chi connectivity index (χ4n) is 1.30. The lowest BCUT2D eigenvalue weighted by Gasteiger charge is -2.26. The Labute approximate surface area is 105 Å². The molecule has 0 aromatic heterocycles. The fourth-order valence-corrected chi connectivity index (χ4v) is 2.45. The first kappa shape index (κ1) is 11.1. The third-order valence-electron chi connectivity index (χ3n) is 2.34. The number of rotatable bonds is 2. The first-order valence-corrected chi connectivity index (χ1v) is 6.22. The Morgan fingerprint density at radius 3 is 2.67 bits per heavy atom. The maximum Gasteiger partial charge on any atom is 0.230 e. The highest BCUT2D eigenvalue weighted by Gasteiger charge is 2.25. The SMILES string of the molecule is O=C(Nc1ccc(Br)cc1Br)C1CNC1. The van der Waals surface area contributed by atoms with Gasteiger partial charge in [-0.1, -0.05) is 15.9 Å². The summed E-state index contributed by atoms with van der Waals surface area (Å²) in [5, 5.41) is 5.96. The van der Waals surface area contributed by atoms with Gasteiger partial charge in [0.25, 0.3) is 0 Å². The number of carbonyl (C=O) groups excluding carboxylic acids is 1. The summed E-state index contributed by atoms with van der Waals surface area (Å²) in [6, 6.07) is 5.69. The molecule has 0 unspecified atom stereocenters. The zero-order valence-corrected chi connectivity index (χ0v) is 11.1. The second-order valence-electron chi connectivity index (χ2n) is 3.47. The van der Waals surface area contributed by atoms with Crippen LogP contribution in [0.15, 0.2) is 27.1 Å². The third kappa shape index (κ3) is 2.59. The Morgan fingerprint density at radius 1 is 1.40 bits per heavy atom. The molecule has 1 saturated heterocycles. The van der Waals surface area contributed by atoms with Crippen LogP contribution >= 0.6 is 31.9 Å². The lowest BCUT2D eigenvalue weighted by Crippen LogP contribution is -2.48. The molecule has 1 heterocycles. The van der Waals surface area contributed by atoms with Gasteiger partial charge in [0.1, 0.15) is 0 Å². The minimum atomic E-state index is 0.0803. The number of halogens is 2. The number of benzene rings is 1. The summed E-state index contributed by atoms with van der Waals surface area (Å²) in [6.45, 7) is 1.56. The van der Waals surface area contributed by atoms with Crippen molar-refractivity contribution < 1.29 is 4.79 Å². The normalized spacial score (nSPS) is 15.9. The minimum Gasteiger partial charge on any atom is -0.325 e. The van der Waals surface area contributed by atoms with Crippen LogP contribution in [0.5, 0.6) is 0 Å². The van der Waals surface area contributed by atoms with E-state index < -0.39 is 0 Å². The van der Waals surface area contributed by atoms with Crippen molar-refractivity contribution in [2.24, 2.45) is 5.92 Å². The van der Waals surface area contributed by atoms with Crippen LogP contribution in [0.2, 0.25) is 0 Å². The molecule has 15 heavy (non-hydrogen) atoms. The Hall–Kier alpha value is -0.390. The Balaban J connectivity index is 2.06. The molecule has 1 fully saturated rings. The Bertz CT molecular complexity index is 391. The van der Waals surface area contributed by atoms with Gasteiger partial charge < -0.3 is 10.6 Å². The molecule has 0 atom stereocenters. The maximum absolute atomic E-state index is 11.6. The molecule has 0 aliphatic carbocycles. The number of nitrogens with one attached hydrogen (secondary N) is 2. The fraction of sp³-hybridized carbons (Fsp3) is 0.300. The molecular weight excluding hydrogens is 324 g/mol. The van der Waals surface area contributed by atoms with Crippen LogP contribution in [0.4, 0.5) is 5.69 Å². The highest BCUT2D eigenvalue weighted by atomic mass is 79.9. The van der Waals surface area contributed by atoms with Gasteiger partial charge in [-0.05, 0) is 34.1 Å². The second-order valence-corrected chi connectivity index (χ2v) is 5.24. The number of anilines is 1. The number of hydrogen-bond donors (Lipinski definition) is 2. The molecule has 1 amide bonds. The average Bonchev–Trinajstić information content (AvgIpc) is 2.07. The van der Waals surface area contributed by atoms with Crippen LogP contribution in [0.3, 0.4) is 0 Å². The van der Waals surface area contributed by atoms with Crippen molar-refractivity contribution in [2.45, 2.75) is 0 Å². The van der Waals surface area contributed by atoms with Crippen molar-refractivity contribution in [1.82, 2.24) is 5.32 Å². The molecule has 1 aliphatic heterocycles. The molecule has 0 radical (unpaired) electrons. The van der Waals surface area contributed by atoms with E-state index in [-0.39, 0.29) is 11.8 Å². The van der Waals surface area contributed by atoms with Crippen molar-refractivity contribution in [3.63, 3.8) is 0 Å². The van der Waals surface area contributed by atoms with Gasteiger partial charge in [0.2, 0.25) is 5.91 Å². The lowest BCUT2D eigenvalue weighted by atomic mass is 10.0. The van der Waals surface area contributed by atoms with E-state index in [9.17, 15) is 4.79 Å². The largest absolute Gasteiger partial charge is 0.325 e. The molecular formula is C10H10Br2N2O. The van der Waals surface area contributed by atoms with Crippen LogP contribution in [0.1, 0.15) is 0 Å². The van der Waals surface area contributed by atoms with E-state index in [0.717, 1.165) is 27.7 Å². The van der Waals surface area contributed by atoms with E-state index in [4.69, 9.17) is 0 Å². The predicted octanol–water partition coefficient (Wildman–Crippen LogP) is 2.37. The monoisotopic (exact) mass is 332 g/mol. The van der Waals surface area contributed by atoms with Crippen molar-refractivity contribution in [3.05, 3.63) is 27.1 Å². The van der Waals surface area contributed by atoms with Gasteiger partial charge in [-0.25, -0.2) is 0 Å². The van der Waals surface area contributed by atoms with E-state index in [1.807, 2.05) is 18.2 Å². The van der Waals surface area contributed by atoms with Crippen LogP contribution in [-0.2, 0) is 4.79 Å². The van der Waals surface area contributed by atoms with Crippen molar-refractivity contribution in [3.8, 4) is 0 Å². The van der Waals surface area contributed by atoms with Crippen molar-refractivity contribution >= 4 is 43.5 Å². The standard InChI is InChI=1S/C10H10Br2N2O/c11-7-1-2-9(8(12)3-7)14-10(15)6-4-13-5-6/h1-3,6,13H,4-5H2,(H,14,15). The highest BCUT2D eigenvalue weighted by Crippen LogP contribution is 2.26. The van der Waals surface area contributed by atoms with Crippen molar-refractivity contribution in [1.29, 1.82) is 0 Å². The summed E-state index contributed by atoms with van der Waals surface area (Å²) in [4.78, 5) is 11.6.